The average Bonchev–Trinajstić information content (AvgIpc) is 2.99. The highest BCUT2D eigenvalue weighted by atomic mass is 79.9. The predicted molar refractivity (Wildman–Crippen MR) is 119 cm³/mol. The second-order valence-electron chi connectivity index (χ2n) is 8.08. The van der Waals surface area contributed by atoms with Crippen LogP contribution >= 0.6 is 15.9 Å². The van der Waals surface area contributed by atoms with E-state index in [1.807, 2.05) is 12.1 Å². The number of hydrogen-bond donors (Lipinski definition) is 2. The number of halogens is 1. The molecule has 0 saturated heterocycles. The monoisotopic (exact) mass is 428 g/mol. The van der Waals surface area contributed by atoms with Gasteiger partial charge in [-0.1, -0.05) is 42.8 Å². The Morgan fingerprint density at radius 3 is 2.52 bits per heavy atom. The number of nitrogens with two attached hydrogens (primary N) is 1. The zero-order valence-corrected chi connectivity index (χ0v) is 18.2. The van der Waals surface area contributed by atoms with Crippen molar-refractivity contribution in [3.8, 4) is 17.0 Å². The van der Waals surface area contributed by atoms with E-state index in [-0.39, 0.29) is 5.41 Å². The third-order valence-electron chi connectivity index (χ3n) is 5.08. The van der Waals surface area contributed by atoms with Crippen LogP contribution in [0.1, 0.15) is 44.7 Å². The largest absolute Gasteiger partial charge is 0.496 e. The van der Waals surface area contributed by atoms with Crippen molar-refractivity contribution in [3.05, 3.63) is 52.0 Å². The summed E-state index contributed by atoms with van der Waals surface area (Å²) in [5.41, 5.74) is 12.0. The van der Waals surface area contributed by atoms with E-state index < -0.39 is 0 Å². The van der Waals surface area contributed by atoms with Crippen LogP contribution in [0.5, 0.6) is 5.75 Å². The van der Waals surface area contributed by atoms with Crippen molar-refractivity contribution >= 4 is 26.8 Å². The Balaban J connectivity index is 2.22. The lowest BCUT2D eigenvalue weighted by Crippen LogP contribution is -2.10. The maximum absolute atomic E-state index is 5.74. The van der Waals surface area contributed by atoms with Gasteiger partial charge in [-0.15, -0.1) is 0 Å². The molecule has 3 aromatic rings. The van der Waals surface area contributed by atoms with Gasteiger partial charge in [0.25, 0.3) is 0 Å². The van der Waals surface area contributed by atoms with Gasteiger partial charge >= 0.3 is 0 Å². The van der Waals surface area contributed by atoms with Crippen LogP contribution in [0.2, 0.25) is 0 Å². The van der Waals surface area contributed by atoms with Crippen molar-refractivity contribution in [1.29, 1.82) is 0 Å². The van der Waals surface area contributed by atoms with Crippen molar-refractivity contribution in [2.24, 2.45) is 5.73 Å². The summed E-state index contributed by atoms with van der Waals surface area (Å²) in [7, 11) is 1.72. The first-order valence-electron chi connectivity index (χ1n) is 9.54. The zero-order valence-electron chi connectivity index (χ0n) is 16.7. The summed E-state index contributed by atoms with van der Waals surface area (Å²) >= 11 is 3.61. The quantitative estimate of drug-likeness (QED) is 0.460. The van der Waals surface area contributed by atoms with Crippen LogP contribution in [0.15, 0.2) is 40.9 Å². The van der Waals surface area contributed by atoms with Gasteiger partial charge in [-0.3, -0.25) is 0 Å². The van der Waals surface area contributed by atoms with Crippen LogP contribution in [-0.2, 0) is 11.8 Å². The van der Waals surface area contributed by atoms with Gasteiger partial charge in [0.05, 0.1) is 12.8 Å². The van der Waals surface area contributed by atoms with E-state index in [1.54, 1.807) is 7.11 Å². The number of H-pyrrole nitrogens is 1. The molecule has 0 unspecified atom stereocenters. The molecule has 1 aromatic heterocycles. The molecule has 0 saturated carbocycles. The van der Waals surface area contributed by atoms with E-state index in [1.165, 1.54) is 22.0 Å². The summed E-state index contributed by atoms with van der Waals surface area (Å²) in [6.45, 7) is 7.50. The number of unbranched alkanes of at least 4 members (excludes halogenated alkanes) is 1. The fourth-order valence-electron chi connectivity index (χ4n) is 3.53. The molecule has 0 amide bonds. The number of hydrogen-bond acceptors (Lipinski definition) is 2. The number of ether oxygens (including phenoxy) is 1. The molecule has 144 valence electrons. The molecule has 0 bridgehead atoms. The number of rotatable bonds is 6. The summed E-state index contributed by atoms with van der Waals surface area (Å²) < 4.78 is 6.69. The molecule has 3 N–H and O–H groups in total. The highest BCUT2D eigenvalue weighted by molar-refractivity contribution is 9.10. The highest BCUT2D eigenvalue weighted by Gasteiger charge is 2.20. The number of fused-ring (bicyclic) bond motifs is 1. The van der Waals surface area contributed by atoms with Crippen molar-refractivity contribution in [2.75, 3.05) is 13.7 Å². The first-order chi connectivity index (χ1) is 12.8. The second kappa shape index (κ2) is 8.07. The smallest absolute Gasteiger partial charge is 0.128 e. The van der Waals surface area contributed by atoms with Gasteiger partial charge in [0.1, 0.15) is 5.75 Å². The second-order valence-corrected chi connectivity index (χ2v) is 8.99. The summed E-state index contributed by atoms with van der Waals surface area (Å²) in [5, 5.41) is 1.30. The lowest BCUT2D eigenvalue weighted by Gasteiger charge is -2.19. The van der Waals surface area contributed by atoms with Gasteiger partial charge in [-0.05, 0) is 72.7 Å². The molecule has 3 nitrogen and oxygen atoms in total. The van der Waals surface area contributed by atoms with Crippen LogP contribution in [0, 0.1) is 0 Å². The number of aromatic amines is 1. The molecule has 0 aliphatic carbocycles. The van der Waals surface area contributed by atoms with E-state index in [4.69, 9.17) is 10.5 Å². The van der Waals surface area contributed by atoms with Crippen LogP contribution in [0.25, 0.3) is 22.2 Å². The maximum atomic E-state index is 5.74. The normalized spacial score (nSPS) is 11.9. The van der Waals surface area contributed by atoms with Crippen LogP contribution < -0.4 is 10.5 Å². The van der Waals surface area contributed by atoms with Gasteiger partial charge in [0.2, 0.25) is 0 Å². The van der Waals surface area contributed by atoms with Gasteiger partial charge < -0.3 is 15.5 Å². The number of benzene rings is 2. The SMILES string of the molecule is COc1ccc(Br)cc1-c1[nH]c2ccc(C(C)(C)C)cc2c1CCCCN. The predicted octanol–water partition coefficient (Wildman–Crippen LogP) is 6.18. The Kier molecular flexibility index (Phi) is 5.97. The Labute approximate surface area is 170 Å². The Morgan fingerprint density at radius 1 is 1.07 bits per heavy atom. The summed E-state index contributed by atoms with van der Waals surface area (Å²) in [5.74, 6) is 0.876. The summed E-state index contributed by atoms with van der Waals surface area (Å²) in [4.78, 5) is 3.66. The van der Waals surface area contributed by atoms with Gasteiger partial charge in [-0.25, -0.2) is 0 Å². The minimum atomic E-state index is 0.119. The third-order valence-corrected chi connectivity index (χ3v) is 5.58. The van der Waals surface area contributed by atoms with Crippen molar-refractivity contribution in [1.82, 2.24) is 4.98 Å². The molecule has 1 heterocycles. The minimum Gasteiger partial charge on any atom is -0.496 e. The maximum Gasteiger partial charge on any atom is 0.128 e. The van der Waals surface area contributed by atoms with E-state index in [2.05, 4.69) is 66.0 Å². The number of methoxy groups -OCH3 is 1. The van der Waals surface area contributed by atoms with E-state index in [0.29, 0.717) is 0 Å². The topological polar surface area (TPSA) is 51.0 Å². The zero-order chi connectivity index (χ0) is 19.6. The first kappa shape index (κ1) is 20.0. The molecule has 4 heteroatoms. The molecule has 2 aromatic carbocycles. The molecule has 3 rings (SSSR count). The van der Waals surface area contributed by atoms with Crippen LogP contribution in [0.4, 0.5) is 0 Å². The van der Waals surface area contributed by atoms with Gasteiger partial charge in [-0.2, -0.15) is 0 Å². The molecular formula is C23H29BrN2O. The molecular weight excluding hydrogens is 400 g/mol. The fourth-order valence-corrected chi connectivity index (χ4v) is 3.89. The molecule has 27 heavy (non-hydrogen) atoms. The Bertz CT molecular complexity index is 937. The Hall–Kier alpha value is -1.78. The standard InChI is InChI=1S/C23H29BrN2O/c1-23(2,3)15-8-10-20-18(13-15)17(7-5-6-12-25)22(26-20)19-14-16(24)9-11-21(19)27-4/h8-11,13-14,26H,5-7,12,25H2,1-4H3. The lowest BCUT2D eigenvalue weighted by atomic mass is 9.86. The van der Waals surface area contributed by atoms with E-state index >= 15 is 0 Å². The number of aryl methyl sites for hydroxylation is 1. The van der Waals surface area contributed by atoms with Gasteiger partial charge in [0, 0.05) is 20.9 Å². The third kappa shape index (κ3) is 4.22. The summed E-state index contributed by atoms with van der Waals surface area (Å²) in [6.07, 6.45) is 3.10. The molecule has 0 aliphatic heterocycles. The van der Waals surface area contributed by atoms with Crippen LogP contribution in [-0.4, -0.2) is 18.6 Å². The van der Waals surface area contributed by atoms with Crippen LogP contribution in [0.3, 0.4) is 0 Å². The minimum absolute atomic E-state index is 0.119. The molecule has 0 fully saturated rings. The number of aromatic nitrogens is 1. The summed E-state index contributed by atoms with van der Waals surface area (Å²) in [6, 6.07) is 12.9. The fraction of sp³-hybridized carbons (Fsp3) is 0.391. The van der Waals surface area contributed by atoms with Crippen molar-refractivity contribution in [2.45, 2.75) is 45.4 Å². The van der Waals surface area contributed by atoms with Crippen molar-refractivity contribution in [3.63, 3.8) is 0 Å². The first-order valence-corrected chi connectivity index (χ1v) is 10.3. The highest BCUT2D eigenvalue weighted by Crippen LogP contribution is 2.39. The van der Waals surface area contributed by atoms with Crippen molar-refractivity contribution < 1.29 is 4.74 Å². The Morgan fingerprint density at radius 2 is 1.85 bits per heavy atom. The van der Waals surface area contributed by atoms with Gasteiger partial charge in [0.15, 0.2) is 0 Å². The lowest BCUT2D eigenvalue weighted by molar-refractivity contribution is 0.416. The molecule has 0 aliphatic rings. The van der Waals surface area contributed by atoms with E-state index in [9.17, 15) is 0 Å². The van der Waals surface area contributed by atoms with E-state index in [0.717, 1.165) is 47.3 Å². The molecule has 0 spiro atoms. The molecule has 0 radical (unpaired) electrons. The average molecular weight is 429 g/mol. The number of nitrogens with one attached hydrogen (secondary N) is 1. The molecule has 0 atom stereocenters.